The van der Waals surface area contributed by atoms with Crippen molar-refractivity contribution in [2.24, 2.45) is 5.92 Å². The molecule has 2 N–H and O–H groups in total. The topological polar surface area (TPSA) is 66.4 Å². The largest absolute Gasteiger partial charge is 0.480 e. The molecule has 20 heavy (non-hydrogen) atoms. The van der Waals surface area contributed by atoms with Crippen LogP contribution < -0.4 is 5.32 Å². The highest BCUT2D eigenvalue weighted by atomic mass is 35.5. The van der Waals surface area contributed by atoms with Crippen LogP contribution in [-0.4, -0.2) is 23.0 Å². The Morgan fingerprint density at radius 3 is 2.45 bits per heavy atom. The average molecular weight is 318 g/mol. The fraction of sp³-hybridized carbons (Fsp3) is 0.429. The Labute approximate surface area is 128 Å². The number of hydrogen-bond acceptors (Lipinski definition) is 2. The maximum absolute atomic E-state index is 11.8. The molecule has 1 aromatic rings. The van der Waals surface area contributed by atoms with Crippen LogP contribution in [0, 0.1) is 5.92 Å². The second-order valence-electron chi connectivity index (χ2n) is 4.86. The predicted molar refractivity (Wildman–Crippen MR) is 79.2 cm³/mol. The molecule has 0 radical (unpaired) electrons. The number of carboxylic acids is 1. The second-order valence-corrected chi connectivity index (χ2v) is 5.71. The molecule has 6 heteroatoms. The van der Waals surface area contributed by atoms with Gasteiger partial charge in [0, 0.05) is 16.5 Å². The van der Waals surface area contributed by atoms with Gasteiger partial charge in [0.15, 0.2) is 0 Å². The highest BCUT2D eigenvalue weighted by Gasteiger charge is 2.23. The lowest BCUT2D eigenvalue weighted by atomic mass is 10.0. The Morgan fingerprint density at radius 1 is 1.30 bits per heavy atom. The molecule has 1 unspecified atom stereocenters. The number of hydrogen-bond donors (Lipinski definition) is 2. The van der Waals surface area contributed by atoms with Crippen LogP contribution in [0.25, 0.3) is 0 Å². The van der Waals surface area contributed by atoms with Gasteiger partial charge >= 0.3 is 5.97 Å². The SMILES string of the molecule is CC(C)C(NC(=O)CCc1ccc(Cl)cc1Cl)C(=O)O. The summed E-state index contributed by atoms with van der Waals surface area (Å²) in [5, 5.41) is 12.6. The van der Waals surface area contributed by atoms with Crippen molar-refractivity contribution in [1.29, 1.82) is 0 Å². The zero-order valence-corrected chi connectivity index (χ0v) is 12.8. The molecule has 4 nitrogen and oxygen atoms in total. The van der Waals surface area contributed by atoms with E-state index in [1.165, 1.54) is 0 Å². The number of aryl methyl sites for hydroxylation is 1. The van der Waals surface area contributed by atoms with Gasteiger partial charge in [0.1, 0.15) is 6.04 Å². The quantitative estimate of drug-likeness (QED) is 0.847. The molecular formula is C14H17Cl2NO3. The van der Waals surface area contributed by atoms with Gasteiger partial charge < -0.3 is 10.4 Å². The van der Waals surface area contributed by atoms with Crippen LogP contribution in [0.4, 0.5) is 0 Å². The molecule has 0 bridgehead atoms. The summed E-state index contributed by atoms with van der Waals surface area (Å²) in [4.78, 5) is 22.8. The number of rotatable bonds is 6. The number of carbonyl (C=O) groups is 2. The van der Waals surface area contributed by atoms with Gasteiger partial charge in [-0.15, -0.1) is 0 Å². The Bertz CT molecular complexity index is 503. The number of aliphatic carboxylic acids is 1. The van der Waals surface area contributed by atoms with Crippen molar-refractivity contribution in [3.05, 3.63) is 33.8 Å². The molecule has 0 aliphatic carbocycles. The van der Waals surface area contributed by atoms with Crippen LogP contribution in [0.3, 0.4) is 0 Å². The second kappa shape index (κ2) is 7.50. The Kier molecular flexibility index (Phi) is 6.30. The van der Waals surface area contributed by atoms with Crippen LogP contribution in [0.15, 0.2) is 18.2 Å². The third-order valence-electron chi connectivity index (χ3n) is 2.89. The molecule has 0 saturated heterocycles. The molecule has 0 aromatic heterocycles. The monoisotopic (exact) mass is 317 g/mol. The highest BCUT2D eigenvalue weighted by Crippen LogP contribution is 2.22. The first kappa shape index (κ1) is 16.8. The maximum atomic E-state index is 11.8. The van der Waals surface area contributed by atoms with E-state index in [0.717, 1.165) is 5.56 Å². The number of benzene rings is 1. The third-order valence-corrected chi connectivity index (χ3v) is 3.47. The molecule has 0 aliphatic rings. The average Bonchev–Trinajstić information content (AvgIpc) is 2.34. The Hall–Kier alpha value is -1.26. The molecule has 0 spiro atoms. The standard InChI is InChI=1S/C14H17Cl2NO3/c1-8(2)13(14(19)20)17-12(18)6-4-9-3-5-10(15)7-11(9)16/h3,5,7-8,13H,4,6H2,1-2H3,(H,17,18)(H,19,20). The van der Waals surface area contributed by atoms with Gasteiger partial charge in [-0.3, -0.25) is 4.79 Å². The third kappa shape index (κ3) is 5.02. The summed E-state index contributed by atoms with van der Waals surface area (Å²) >= 11 is 11.8. The number of carboxylic acid groups (broad SMARTS) is 1. The van der Waals surface area contributed by atoms with Gasteiger partial charge in [-0.05, 0) is 30.0 Å². The first-order chi connectivity index (χ1) is 9.31. The Balaban J connectivity index is 2.57. The molecule has 1 aromatic carbocycles. The van der Waals surface area contributed by atoms with Crippen molar-refractivity contribution in [2.75, 3.05) is 0 Å². The van der Waals surface area contributed by atoms with E-state index in [1.54, 1.807) is 32.0 Å². The van der Waals surface area contributed by atoms with Crippen molar-refractivity contribution < 1.29 is 14.7 Å². The van der Waals surface area contributed by atoms with E-state index in [0.29, 0.717) is 16.5 Å². The van der Waals surface area contributed by atoms with Gasteiger partial charge in [0.2, 0.25) is 5.91 Å². The van der Waals surface area contributed by atoms with Crippen molar-refractivity contribution in [3.63, 3.8) is 0 Å². The minimum atomic E-state index is -1.03. The zero-order valence-electron chi connectivity index (χ0n) is 11.3. The first-order valence-corrected chi connectivity index (χ1v) is 7.03. The molecule has 1 amide bonds. The molecule has 1 rings (SSSR count). The number of halogens is 2. The number of amides is 1. The van der Waals surface area contributed by atoms with E-state index < -0.39 is 12.0 Å². The van der Waals surface area contributed by atoms with E-state index in [1.807, 2.05) is 0 Å². The smallest absolute Gasteiger partial charge is 0.326 e. The van der Waals surface area contributed by atoms with Crippen LogP contribution in [0.2, 0.25) is 10.0 Å². The van der Waals surface area contributed by atoms with Crippen molar-refractivity contribution >= 4 is 35.1 Å². The Morgan fingerprint density at radius 2 is 1.95 bits per heavy atom. The maximum Gasteiger partial charge on any atom is 0.326 e. The molecule has 0 aliphatic heterocycles. The number of carbonyl (C=O) groups excluding carboxylic acids is 1. The fourth-order valence-corrected chi connectivity index (χ4v) is 2.23. The molecule has 0 heterocycles. The van der Waals surface area contributed by atoms with Crippen LogP contribution in [0.1, 0.15) is 25.8 Å². The molecular weight excluding hydrogens is 301 g/mol. The summed E-state index contributed by atoms with van der Waals surface area (Å²) in [7, 11) is 0. The fourth-order valence-electron chi connectivity index (χ4n) is 1.73. The molecule has 0 saturated carbocycles. The van der Waals surface area contributed by atoms with E-state index in [2.05, 4.69) is 5.32 Å². The van der Waals surface area contributed by atoms with Gasteiger partial charge in [0.05, 0.1) is 0 Å². The van der Waals surface area contributed by atoms with E-state index >= 15 is 0 Å². The van der Waals surface area contributed by atoms with Crippen LogP contribution in [-0.2, 0) is 16.0 Å². The summed E-state index contributed by atoms with van der Waals surface area (Å²) in [6.45, 7) is 3.49. The molecule has 1 atom stereocenters. The lowest BCUT2D eigenvalue weighted by Gasteiger charge is -2.17. The minimum absolute atomic E-state index is 0.171. The van der Waals surface area contributed by atoms with Gasteiger partial charge in [0.25, 0.3) is 0 Å². The summed E-state index contributed by atoms with van der Waals surface area (Å²) in [5.74, 6) is -1.51. The predicted octanol–water partition coefficient (Wildman–Crippen LogP) is 3.15. The van der Waals surface area contributed by atoms with E-state index in [9.17, 15) is 9.59 Å². The van der Waals surface area contributed by atoms with Crippen LogP contribution in [0.5, 0.6) is 0 Å². The van der Waals surface area contributed by atoms with Crippen molar-refractivity contribution in [3.8, 4) is 0 Å². The first-order valence-electron chi connectivity index (χ1n) is 6.27. The zero-order chi connectivity index (χ0) is 15.3. The molecule has 0 fully saturated rings. The van der Waals surface area contributed by atoms with E-state index in [4.69, 9.17) is 28.3 Å². The van der Waals surface area contributed by atoms with Crippen LogP contribution >= 0.6 is 23.2 Å². The summed E-state index contributed by atoms with van der Waals surface area (Å²) in [6, 6.07) is 4.21. The lowest BCUT2D eigenvalue weighted by Crippen LogP contribution is -2.44. The number of nitrogens with one attached hydrogen (secondary N) is 1. The highest BCUT2D eigenvalue weighted by molar-refractivity contribution is 6.35. The molecule has 110 valence electrons. The van der Waals surface area contributed by atoms with Crippen molar-refractivity contribution in [1.82, 2.24) is 5.32 Å². The normalized spacial score (nSPS) is 12.2. The summed E-state index contributed by atoms with van der Waals surface area (Å²) in [6.07, 6.45) is 0.615. The minimum Gasteiger partial charge on any atom is -0.480 e. The lowest BCUT2D eigenvalue weighted by molar-refractivity contribution is -0.143. The van der Waals surface area contributed by atoms with Gasteiger partial charge in [-0.25, -0.2) is 4.79 Å². The van der Waals surface area contributed by atoms with Crippen molar-refractivity contribution in [2.45, 2.75) is 32.7 Å². The summed E-state index contributed by atoms with van der Waals surface area (Å²) < 4.78 is 0. The summed E-state index contributed by atoms with van der Waals surface area (Å²) in [5.41, 5.74) is 0.808. The van der Waals surface area contributed by atoms with Gasteiger partial charge in [-0.2, -0.15) is 0 Å². The van der Waals surface area contributed by atoms with E-state index in [-0.39, 0.29) is 18.2 Å². The van der Waals surface area contributed by atoms with Gasteiger partial charge in [-0.1, -0.05) is 43.1 Å².